The monoisotopic (exact) mass is 190 g/mol. The van der Waals surface area contributed by atoms with Gasteiger partial charge in [0, 0.05) is 0 Å². The van der Waals surface area contributed by atoms with Gasteiger partial charge in [-0.15, -0.1) is 12.4 Å². The van der Waals surface area contributed by atoms with Gasteiger partial charge >= 0.3 is 0 Å². The minimum absolute atomic E-state index is 0. The highest BCUT2D eigenvalue weighted by Crippen LogP contribution is 2.03. The van der Waals surface area contributed by atoms with Gasteiger partial charge in [-0.1, -0.05) is 20.8 Å². The Labute approximate surface area is 81.8 Å². The molecule has 0 spiro atoms. The number of rotatable bonds is 5. The fraction of sp³-hybridized carbons (Fsp3) is 0.889. The van der Waals surface area contributed by atoms with Gasteiger partial charge in [0.15, 0.2) is 0 Å². The third-order valence-electron chi connectivity index (χ3n) is 1.50. The van der Waals surface area contributed by atoms with Crippen LogP contribution in [0, 0.1) is 17.2 Å². The largest absolute Gasteiger partial charge is 0.302 e. The van der Waals surface area contributed by atoms with Gasteiger partial charge in [0.1, 0.15) is 0 Å². The van der Waals surface area contributed by atoms with E-state index in [4.69, 9.17) is 5.26 Å². The van der Waals surface area contributed by atoms with Gasteiger partial charge in [-0.2, -0.15) is 5.26 Å². The van der Waals surface area contributed by atoms with Gasteiger partial charge in [-0.3, -0.25) is 0 Å². The van der Waals surface area contributed by atoms with Crippen LogP contribution in [0.2, 0.25) is 0 Å². The third-order valence-corrected chi connectivity index (χ3v) is 1.50. The highest BCUT2D eigenvalue weighted by atomic mass is 35.5. The molecule has 0 aliphatic rings. The smallest absolute Gasteiger partial charge is 0.0955 e. The first-order chi connectivity index (χ1) is 5.20. The van der Waals surface area contributed by atoms with Crippen molar-refractivity contribution in [3.8, 4) is 6.07 Å². The number of halogens is 1. The highest BCUT2D eigenvalue weighted by Gasteiger charge is 2.06. The van der Waals surface area contributed by atoms with Crippen molar-refractivity contribution < 1.29 is 0 Å². The van der Waals surface area contributed by atoms with Crippen molar-refractivity contribution in [2.75, 3.05) is 6.54 Å². The summed E-state index contributed by atoms with van der Waals surface area (Å²) < 4.78 is 0. The maximum Gasteiger partial charge on any atom is 0.0955 e. The van der Waals surface area contributed by atoms with Crippen molar-refractivity contribution in [3.63, 3.8) is 0 Å². The lowest BCUT2D eigenvalue weighted by Gasteiger charge is -2.12. The molecule has 0 amide bonds. The van der Waals surface area contributed by atoms with Gasteiger partial charge in [0.2, 0.25) is 0 Å². The van der Waals surface area contributed by atoms with E-state index in [0.717, 1.165) is 19.4 Å². The van der Waals surface area contributed by atoms with Crippen molar-refractivity contribution in [3.05, 3.63) is 0 Å². The van der Waals surface area contributed by atoms with Crippen LogP contribution >= 0.6 is 12.4 Å². The Morgan fingerprint density at radius 2 is 2.00 bits per heavy atom. The average Bonchev–Trinajstić information content (AvgIpc) is 1.97. The van der Waals surface area contributed by atoms with Crippen molar-refractivity contribution >= 4 is 12.4 Å². The Morgan fingerprint density at radius 1 is 1.42 bits per heavy atom. The van der Waals surface area contributed by atoms with Crippen molar-refractivity contribution in [2.45, 2.75) is 39.7 Å². The molecule has 1 N–H and O–H groups in total. The second kappa shape index (κ2) is 8.83. The summed E-state index contributed by atoms with van der Waals surface area (Å²) in [7, 11) is 0. The van der Waals surface area contributed by atoms with Crippen molar-refractivity contribution in [1.82, 2.24) is 5.32 Å². The van der Waals surface area contributed by atoms with Crippen LogP contribution in [0.3, 0.4) is 0 Å². The normalized spacial score (nSPS) is 11.9. The molecule has 1 unspecified atom stereocenters. The summed E-state index contributed by atoms with van der Waals surface area (Å²) in [6.45, 7) is 7.33. The molecule has 3 heteroatoms. The Morgan fingerprint density at radius 3 is 2.33 bits per heavy atom. The molecule has 0 aromatic heterocycles. The van der Waals surface area contributed by atoms with Crippen LogP contribution in [0.5, 0.6) is 0 Å². The molecular formula is C9H19ClN2. The topological polar surface area (TPSA) is 35.8 Å². The molecule has 72 valence electrons. The standard InChI is InChI=1S/C9H18N2.ClH/c1-4-5-11-9(7-10)6-8(2)3;/h8-9,11H,4-6H2,1-3H3;1H. The predicted molar refractivity (Wildman–Crippen MR) is 54.4 cm³/mol. The molecule has 0 aliphatic heterocycles. The van der Waals surface area contributed by atoms with Crippen LogP contribution in [0.4, 0.5) is 0 Å². The van der Waals surface area contributed by atoms with E-state index in [1.807, 2.05) is 0 Å². The van der Waals surface area contributed by atoms with E-state index in [1.54, 1.807) is 0 Å². The van der Waals surface area contributed by atoms with Crippen LogP contribution in [0.15, 0.2) is 0 Å². The lowest BCUT2D eigenvalue weighted by Crippen LogP contribution is -2.29. The van der Waals surface area contributed by atoms with E-state index < -0.39 is 0 Å². The van der Waals surface area contributed by atoms with E-state index in [0.29, 0.717) is 5.92 Å². The Bertz CT molecular complexity index is 129. The average molecular weight is 191 g/mol. The zero-order chi connectivity index (χ0) is 8.69. The van der Waals surface area contributed by atoms with Gasteiger partial charge in [0.05, 0.1) is 12.1 Å². The highest BCUT2D eigenvalue weighted by molar-refractivity contribution is 5.85. The zero-order valence-corrected chi connectivity index (χ0v) is 8.95. The first kappa shape index (κ1) is 14.3. The van der Waals surface area contributed by atoms with Gasteiger partial charge < -0.3 is 5.32 Å². The van der Waals surface area contributed by atoms with Crippen molar-refractivity contribution in [1.29, 1.82) is 5.26 Å². The van der Waals surface area contributed by atoms with Gasteiger partial charge in [-0.05, 0) is 25.3 Å². The van der Waals surface area contributed by atoms with E-state index in [9.17, 15) is 0 Å². The number of hydrogen-bond donors (Lipinski definition) is 1. The Hall–Kier alpha value is -0.260. The molecule has 0 rings (SSSR count). The van der Waals surface area contributed by atoms with Crippen LogP contribution in [0.25, 0.3) is 0 Å². The summed E-state index contributed by atoms with van der Waals surface area (Å²) >= 11 is 0. The molecule has 1 atom stereocenters. The zero-order valence-electron chi connectivity index (χ0n) is 8.13. The molecule has 0 aromatic rings. The minimum Gasteiger partial charge on any atom is -0.302 e. The first-order valence-corrected chi connectivity index (χ1v) is 4.33. The molecule has 0 aromatic carbocycles. The number of nitrogens with one attached hydrogen (secondary N) is 1. The molecule has 0 saturated heterocycles. The molecule has 0 heterocycles. The third kappa shape index (κ3) is 7.84. The number of nitriles is 1. The van der Waals surface area contributed by atoms with Gasteiger partial charge in [-0.25, -0.2) is 0 Å². The molecular weight excluding hydrogens is 172 g/mol. The van der Waals surface area contributed by atoms with Gasteiger partial charge in [0.25, 0.3) is 0 Å². The predicted octanol–water partition coefficient (Wildman–Crippen LogP) is 2.35. The number of hydrogen-bond acceptors (Lipinski definition) is 2. The fourth-order valence-electron chi connectivity index (χ4n) is 0.972. The number of nitrogens with zero attached hydrogens (tertiary/aromatic N) is 1. The lowest BCUT2D eigenvalue weighted by molar-refractivity contribution is 0.479. The summed E-state index contributed by atoms with van der Waals surface area (Å²) in [5.74, 6) is 0.601. The summed E-state index contributed by atoms with van der Waals surface area (Å²) in [6.07, 6.45) is 2.05. The van der Waals surface area contributed by atoms with E-state index in [-0.39, 0.29) is 18.4 Å². The summed E-state index contributed by atoms with van der Waals surface area (Å²) in [4.78, 5) is 0. The Balaban J connectivity index is 0. The summed E-state index contributed by atoms with van der Waals surface area (Å²) in [6, 6.07) is 2.31. The molecule has 0 aliphatic carbocycles. The molecule has 12 heavy (non-hydrogen) atoms. The van der Waals surface area contributed by atoms with Crippen LogP contribution in [0.1, 0.15) is 33.6 Å². The SMILES string of the molecule is CCCNC(C#N)CC(C)C.Cl. The molecule has 0 bridgehead atoms. The maximum absolute atomic E-state index is 8.69. The van der Waals surface area contributed by atoms with E-state index >= 15 is 0 Å². The van der Waals surface area contributed by atoms with Crippen LogP contribution in [-0.4, -0.2) is 12.6 Å². The second-order valence-electron chi connectivity index (χ2n) is 3.27. The van der Waals surface area contributed by atoms with E-state index in [2.05, 4.69) is 32.2 Å². The lowest BCUT2D eigenvalue weighted by atomic mass is 10.1. The second-order valence-corrected chi connectivity index (χ2v) is 3.27. The Kier molecular flexibility index (Phi) is 10.5. The minimum atomic E-state index is 0. The maximum atomic E-state index is 8.69. The molecule has 2 nitrogen and oxygen atoms in total. The molecule has 0 fully saturated rings. The van der Waals surface area contributed by atoms with E-state index in [1.165, 1.54) is 0 Å². The fourth-order valence-corrected chi connectivity index (χ4v) is 0.972. The summed E-state index contributed by atoms with van der Waals surface area (Å²) in [5.41, 5.74) is 0. The summed E-state index contributed by atoms with van der Waals surface area (Å²) in [5, 5.41) is 11.9. The molecule has 0 saturated carbocycles. The van der Waals surface area contributed by atoms with Crippen LogP contribution < -0.4 is 5.32 Å². The molecule has 0 radical (unpaired) electrons. The van der Waals surface area contributed by atoms with Crippen molar-refractivity contribution in [2.24, 2.45) is 5.92 Å². The first-order valence-electron chi connectivity index (χ1n) is 4.33. The van der Waals surface area contributed by atoms with Crippen LogP contribution in [-0.2, 0) is 0 Å². The quantitative estimate of drug-likeness (QED) is 0.723.